The third kappa shape index (κ3) is 4.64. The lowest BCUT2D eigenvalue weighted by Crippen LogP contribution is -2.47. The molecule has 0 amide bonds. The Labute approximate surface area is 177 Å². The number of hydrogen-bond acceptors (Lipinski definition) is 3. The second-order valence-electron chi connectivity index (χ2n) is 8.56. The highest BCUT2D eigenvalue weighted by molar-refractivity contribution is 7.80. The molecule has 0 bridgehead atoms. The molecule has 2 N–H and O–H groups in total. The Balaban J connectivity index is 1.57. The average molecular weight is 414 g/mol. The molecule has 2 aliphatic rings. The van der Waals surface area contributed by atoms with Crippen LogP contribution in [-0.4, -0.2) is 40.3 Å². The number of nitrogens with one attached hydrogen (secondary N) is 2. The monoisotopic (exact) mass is 413 g/mol. The first-order valence-electron chi connectivity index (χ1n) is 10.8. The van der Waals surface area contributed by atoms with Gasteiger partial charge in [0.05, 0.1) is 18.2 Å². The molecule has 29 heavy (non-hydrogen) atoms. The Morgan fingerprint density at radius 1 is 1.21 bits per heavy atom. The highest BCUT2D eigenvalue weighted by atomic mass is 32.1. The maximum absolute atomic E-state index is 12.8. The summed E-state index contributed by atoms with van der Waals surface area (Å²) in [7, 11) is 0. The Bertz CT molecular complexity index is 943. The van der Waals surface area contributed by atoms with E-state index in [-0.39, 0.29) is 11.7 Å². The molecule has 0 spiro atoms. The van der Waals surface area contributed by atoms with Gasteiger partial charge in [-0.3, -0.25) is 4.79 Å². The van der Waals surface area contributed by atoms with Crippen LogP contribution in [0, 0.1) is 13.8 Å². The zero-order valence-corrected chi connectivity index (χ0v) is 18.2. The largest absolute Gasteiger partial charge is 0.376 e. The lowest BCUT2D eigenvalue weighted by molar-refractivity contribution is 0.113. The van der Waals surface area contributed by atoms with Crippen LogP contribution in [0.25, 0.3) is 10.9 Å². The quantitative estimate of drug-likeness (QED) is 0.727. The number of fused-ring (bicyclic) bond motifs is 1. The topological polar surface area (TPSA) is 57.4 Å². The van der Waals surface area contributed by atoms with Gasteiger partial charge in [-0.1, -0.05) is 24.5 Å². The molecule has 1 saturated carbocycles. The molecule has 0 radical (unpaired) electrons. The zero-order chi connectivity index (χ0) is 20.4. The fourth-order valence-corrected chi connectivity index (χ4v) is 5.02. The van der Waals surface area contributed by atoms with Crippen LogP contribution < -0.4 is 10.9 Å². The molecule has 1 aromatic carbocycles. The summed E-state index contributed by atoms with van der Waals surface area (Å²) in [5, 5.41) is 5.24. The SMILES string of the molecule is Cc1cc(C)c2[nH]c(=O)c(CN(C(=S)NC[C@H]3CCCO3)C3CCCC3)cc2c1. The molecule has 2 fully saturated rings. The van der Waals surface area contributed by atoms with Crippen molar-refractivity contribution in [3.05, 3.63) is 45.2 Å². The summed E-state index contributed by atoms with van der Waals surface area (Å²) < 4.78 is 5.72. The maximum atomic E-state index is 12.8. The van der Waals surface area contributed by atoms with Crippen molar-refractivity contribution in [2.75, 3.05) is 13.2 Å². The summed E-state index contributed by atoms with van der Waals surface area (Å²) in [6.07, 6.45) is 7.16. The highest BCUT2D eigenvalue weighted by Crippen LogP contribution is 2.26. The third-order valence-electron chi connectivity index (χ3n) is 6.24. The van der Waals surface area contributed by atoms with Crippen molar-refractivity contribution < 1.29 is 4.74 Å². The van der Waals surface area contributed by atoms with Gasteiger partial charge >= 0.3 is 0 Å². The van der Waals surface area contributed by atoms with Gasteiger partial charge < -0.3 is 19.9 Å². The fourth-order valence-electron chi connectivity index (χ4n) is 4.72. The zero-order valence-electron chi connectivity index (χ0n) is 17.4. The fraction of sp³-hybridized carbons (Fsp3) is 0.565. The van der Waals surface area contributed by atoms with E-state index in [0.717, 1.165) is 66.0 Å². The lowest BCUT2D eigenvalue weighted by Gasteiger charge is -2.32. The van der Waals surface area contributed by atoms with Crippen LogP contribution in [0.3, 0.4) is 0 Å². The molecule has 2 aromatic rings. The van der Waals surface area contributed by atoms with Gasteiger partial charge in [0.25, 0.3) is 5.56 Å². The van der Waals surface area contributed by atoms with E-state index in [1.807, 2.05) is 13.0 Å². The number of pyridine rings is 1. The Hall–Kier alpha value is -1.92. The van der Waals surface area contributed by atoms with Gasteiger partial charge in [-0.15, -0.1) is 0 Å². The molecule has 5 nitrogen and oxygen atoms in total. The highest BCUT2D eigenvalue weighted by Gasteiger charge is 2.26. The van der Waals surface area contributed by atoms with Crippen LogP contribution >= 0.6 is 12.2 Å². The van der Waals surface area contributed by atoms with Crippen molar-refractivity contribution in [2.45, 2.75) is 71.1 Å². The van der Waals surface area contributed by atoms with Crippen molar-refractivity contribution in [3.63, 3.8) is 0 Å². The van der Waals surface area contributed by atoms with Gasteiger partial charge in [-0.05, 0) is 74.8 Å². The summed E-state index contributed by atoms with van der Waals surface area (Å²) in [6.45, 7) is 6.26. The minimum atomic E-state index is -0.0191. The number of benzene rings is 1. The van der Waals surface area contributed by atoms with Gasteiger partial charge in [-0.25, -0.2) is 0 Å². The van der Waals surface area contributed by atoms with E-state index in [4.69, 9.17) is 17.0 Å². The summed E-state index contributed by atoms with van der Waals surface area (Å²) in [4.78, 5) is 18.2. The molecule has 1 saturated heterocycles. The van der Waals surface area contributed by atoms with E-state index in [0.29, 0.717) is 12.6 Å². The molecule has 0 unspecified atom stereocenters. The summed E-state index contributed by atoms with van der Waals surface area (Å²) in [6, 6.07) is 6.68. The number of rotatable bonds is 5. The van der Waals surface area contributed by atoms with Crippen molar-refractivity contribution in [1.29, 1.82) is 0 Å². The first kappa shape index (κ1) is 20.4. The molecule has 1 atom stereocenters. The predicted molar refractivity (Wildman–Crippen MR) is 121 cm³/mol. The van der Waals surface area contributed by atoms with Gasteiger partial charge in [0.2, 0.25) is 0 Å². The van der Waals surface area contributed by atoms with Crippen molar-refractivity contribution in [1.82, 2.24) is 15.2 Å². The third-order valence-corrected chi connectivity index (χ3v) is 6.62. The van der Waals surface area contributed by atoms with Gasteiger partial charge in [-0.2, -0.15) is 0 Å². The lowest BCUT2D eigenvalue weighted by atomic mass is 10.0. The minimum Gasteiger partial charge on any atom is -0.376 e. The molecule has 1 aliphatic carbocycles. The van der Waals surface area contributed by atoms with Gasteiger partial charge in [0.1, 0.15) is 0 Å². The van der Waals surface area contributed by atoms with Crippen molar-refractivity contribution in [3.8, 4) is 0 Å². The first-order valence-corrected chi connectivity index (χ1v) is 11.2. The van der Waals surface area contributed by atoms with E-state index < -0.39 is 0 Å². The van der Waals surface area contributed by atoms with Crippen LogP contribution in [0.1, 0.15) is 55.2 Å². The number of aromatic amines is 1. The Morgan fingerprint density at radius 2 is 2.00 bits per heavy atom. The maximum Gasteiger partial charge on any atom is 0.253 e. The average Bonchev–Trinajstić information content (AvgIpc) is 3.39. The molecule has 6 heteroatoms. The smallest absolute Gasteiger partial charge is 0.253 e. The molecule has 156 valence electrons. The number of aryl methyl sites for hydroxylation is 2. The van der Waals surface area contributed by atoms with Crippen LogP contribution in [0.2, 0.25) is 0 Å². The molecule has 1 aliphatic heterocycles. The van der Waals surface area contributed by atoms with Gasteiger partial charge in [0.15, 0.2) is 5.11 Å². The number of hydrogen-bond donors (Lipinski definition) is 2. The van der Waals surface area contributed by atoms with Gasteiger partial charge in [0, 0.05) is 24.8 Å². The van der Waals surface area contributed by atoms with Crippen LogP contribution in [0.15, 0.2) is 23.0 Å². The number of aromatic nitrogens is 1. The van der Waals surface area contributed by atoms with E-state index in [1.54, 1.807) is 0 Å². The van der Waals surface area contributed by atoms with Crippen molar-refractivity contribution >= 4 is 28.2 Å². The van der Waals surface area contributed by atoms with Crippen LogP contribution in [0.5, 0.6) is 0 Å². The van der Waals surface area contributed by atoms with Crippen LogP contribution in [0.4, 0.5) is 0 Å². The molecule has 2 heterocycles. The summed E-state index contributed by atoms with van der Waals surface area (Å²) in [5.74, 6) is 0. The Kier molecular flexibility index (Phi) is 6.20. The molecular formula is C23H31N3O2S. The number of ether oxygens (including phenoxy) is 1. The predicted octanol–water partition coefficient (Wildman–Crippen LogP) is 3.94. The standard InChI is InChI=1S/C23H31N3O2S/c1-15-10-16(2)21-17(11-15)12-18(22(27)25-21)14-26(19-6-3-4-7-19)23(29)24-13-20-8-5-9-28-20/h10-12,19-20H,3-9,13-14H2,1-2H3,(H,24,29)(H,25,27)/t20-/m1/s1. The summed E-state index contributed by atoms with van der Waals surface area (Å²) in [5.41, 5.74) is 3.99. The van der Waals surface area contributed by atoms with E-state index >= 15 is 0 Å². The first-order chi connectivity index (χ1) is 14.0. The second kappa shape index (κ2) is 8.84. The minimum absolute atomic E-state index is 0.0191. The second-order valence-corrected chi connectivity index (χ2v) is 8.94. The number of H-pyrrole nitrogens is 1. The van der Waals surface area contributed by atoms with Crippen LogP contribution in [-0.2, 0) is 11.3 Å². The Morgan fingerprint density at radius 3 is 2.72 bits per heavy atom. The van der Waals surface area contributed by atoms with E-state index in [9.17, 15) is 4.79 Å². The molecule has 4 rings (SSSR count). The van der Waals surface area contributed by atoms with Crippen molar-refractivity contribution in [2.24, 2.45) is 0 Å². The number of nitrogens with zero attached hydrogens (tertiary/aromatic N) is 1. The molecule has 1 aromatic heterocycles. The van der Waals surface area contributed by atoms with E-state index in [1.165, 1.54) is 18.4 Å². The normalized spacial score (nSPS) is 19.7. The van der Waals surface area contributed by atoms with E-state index in [2.05, 4.69) is 34.3 Å². The summed E-state index contributed by atoms with van der Waals surface area (Å²) >= 11 is 5.77. The molecular weight excluding hydrogens is 382 g/mol. The number of thiocarbonyl (C=S) groups is 1.